The molecule has 0 bridgehead atoms. The normalized spacial score (nSPS) is 24.1. The van der Waals surface area contributed by atoms with Crippen molar-refractivity contribution in [3.8, 4) is 23.0 Å². The lowest BCUT2D eigenvalue weighted by atomic mass is 9.72. The predicted molar refractivity (Wildman–Crippen MR) is 219 cm³/mol. The Bertz CT molecular complexity index is 2050. The number of methoxy groups -OCH3 is 1. The molecule has 318 valence electrons. The number of nitrogens with two attached hydrogens (primary N) is 1. The summed E-state index contributed by atoms with van der Waals surface area (Å²) in [4.78, 5) is 39.7. The monoisotopic (exact) mass is 845 g/mol. The van der Waals surface area contributed by atoms with Crippen molar-refractivity contribution >= 4 is 38.1 Å². The Morgan fingerprint density at radius 2 is 1.60 bits per heavy atom. The molecule has 3 aromatic carbocycles. The van der Waals surface area contributed by atoms with Gasteiger partial charge in [0.25, 0.3) is 0 Å². The summed E-state index contributed by atoms with van der Waals surface area (Å²) in [5.41, 5.74) is 5.36. The second kappa shape index (κ2) is 17.4. The quantitative estimate of drug-likeness (QED) is 0.0919. The Morgan fingerprint density at radius 1 is 1.00 bits per heavy atom. The van der Waals surface area contributed by atoms with E-state index in [0.29, 0.717) is 12.4 Å². The lowest BCUT2D eigenvalue weighted by molar-refractivity contribution is -0.247. The van der Waals surface area contributed by atoms with Crippen molar-refractivity contribution in [1.82, 2.24) is 0 Å². The number of carbonyl (C=O) groups excluding carboxylic acids is 3. The molecule has 0 amide bonds. The fourth-order valence-corrected chi connectivity index (χ4v) is 8.32. The number of carbonyl (C=O) groups is 3. The maximum atomic E-state index is 13.6. The van der Waals surface area contributed by atoms with Crippen molar-refractivity contribution in [3.05, 3.63) is 80.4 Å². The summed E-state index contributed by atoms with van der Waals surface area (Å²) in [7, 11) is -0.376. The van der Waals surface area contributed by atoms with E-state index < -0.39 is 104 Å². The first-order valence-corrected chi connectivity index (χ1v) is 21.8. The van der Waals surface area contributed by atoms with Gasteiger partial charge in [-0.1, -0.05) is 45.0 Å². The molecule has 6 rings (SSSR count). The molecular weight excluding hydrogens is 790 g/mol. The molecule has 58 heavy (non-hydrogen) atoms. The van der Waals surface area contributed by atoms with Gasteiger partial charge in [-0.05, 0) is 61.7 Å². The molecule has 0 saturated carbocycles. The van der Waals surface area contributed by atoms with Crippen molar-refractivity contribution in [1.29, 1.82) is 0 Å². The molecular formula is C42H56ClNO13Si. The highest BCUT2D eigenvalue weighted by Gasteiger charge is 2.50. The minimum atomic E-state index is -2.24. The summed E-state index contributed by atoms with van der Waals surface area (Å²) >= 11 is 0. The number of Topliss-reactive ketones (excluding diaryl/α,β-unsaturated/α-hetero) is 1. The highest BCUT2D eigenvalue weighted by atomic mass is 35.5. The number of aromatic hydroxyl groups is 3. The number of aliphatic hydroxyl groups is 3. The molecule has 0 radical (unpaired) electrons. The number of aliphatic hydroxyl groups excluding tert-OH is 2. The zero-order valence-corrected chi connectivity index (χ0v) is 36.2. The summed E-state index contributed by atoms with van der Waals surface area (Å²) in [5.74, 6) is -3.38. The van der Waals surface area contributed by atoms with Crippen molar-refractivity contribution in [3.63, 3.8) is 0 Å². The van der Waals surface area contributed by atoms with Crippen molar-refractivity contribution in [2.24, 2.45) is 5.73 Å². The Morgan fingerprint density at radius 3 is 2.16 bits per heavy atom. The zero-order chi connectivity index (χ0) is 42.5. The maximum absolute atomic E-state index is 13.6. The number of hydrogen-bond donors (Lipinski definition) is 7. The molecule has 2 aliphatic carbocycles. The average molecular weight is 846 g/mol. The number of hydrogen-bond acceptors (Lipinski definition) is 14. The van der Waals surface area contributed by atoms with Gasteiger partial charge >= 0.3 is 0 Å². The molecule has 14 nitrogen and oxygen atoms in total. The van der Waals surface area contributed by atoms with Crippen LogP contribution in [0.25, 0.3) is 0 Å². The highest BCUT2D eigenvalue weighted by molar-refractivity contribution is 6.74. The molecule has 0 aromatic heterocycles. The van der Waals surface area contributed by atoms with Crippen molar-refractivity contribution in [2.45, 2.75) is 122 Å². The Hall–Kier alpha value is -3.90. The number of phenols is 3. The first-order chi connectivity index (χ1) is 26.5. The van der Waals surface area contributed by atoms with Gasteiger partial charge < -0.3 is 55.0 Å². The Kier molecular flexibility index (Phi) is 14.0. The first kappa shape index (κ1) is 46.8. The minimum absolute atomic E-state index is 0. The van der Waals surface area contributed by atoms with Gasteiger partial charge in [0.2, 0.25) is 5.78 Å². The number of ketones is 3. The van der Waals surface area contributed by atoms with Crippen LogP contribution in [0.4, 0.5) is 0 Å². The van der Waals surface area contributed by atoms with Crippen LogP contribution in [-0.4, -0.2) is 100 Å². The predicted octanol–water partition coefficient (Wildman–Crippen LogP) is 4.95. The van der Waals surface area contributed by atoms with Gasteiger partial charge in [-0.3, -0.25) is 14.4 Å². The number of halogens is 1. The van der Waals surface area contributed by atoms with Gasteiger partial charge in [0.1, 0.15) is 35.2 Å². The van der Waals surface area contributed by atoms with Gasteiger partial charge in [0.15, 0.2) is 26.2 Å². The van der Waals surface area contributed by atoms with Crippen LogP contribution in [-0.2, 0) is 31.7 Å². The maximum Gasteiger partial charge on any atom is 0.202 e. The lowest BCUT2D eigenvalue weighted by Gasteiger charge is -2.42. The topological polar surface area (TPSA) is 236 Å². The van der Waals surface area contributed by atoms with Crippen LogP contribution in [0.1, 0.15) is 106 Å². The molecule has 1 saturated heterocycles. The Balaban J connectivity index is 0.000000331. The minimum Gasteiger partial charge on any atom is -0.507 e. The molecule has 6 atom stereocenters. The highest BCUT2D eigenvalue weighted by Crippen LogP contribution is 2.52. The molecule has 1 heterocycles. The SMILES string of the molecule is COc1cccc2c1C(=O)c1c(O)c3c(c(O)c1C2=O)C[C@@](O)(C(=O)CO)C[C@@H]3OC1CC(N)C(O)C(C)O1.Cc1cc(CO[Si](C)(C)C(C)(C)C)cc(C)c1O.Cl. The van der Waals surface area contributed by atoms with E-state index in [4.69, 9.17) is 24.4 Å². The number of fused-ring (bicyclic) bond motifs is 3. The fourth-order valence-electron chi connectivity index (χ4n) is 7.36. The van der Waals surface area contributed by atoms with E-state index >= 15 is 0 Å². The van der Waals surface area contributed by atoms with Gasteiger partial charge in [-0.15, -0.1) is 12.4 Å². The summed E-state index contributed by atoms with van der Waals surface area (Å²) in [5, 5.41) is 63.7. The molecule has 3 aromatic rings. The van der Waals surface area contributed by atoms with Crippen LogP contribution in [0.3, 0.4) is 0 Å². The van der Waals surface area contributed by atoms with E-state index in [1.807, 2.05) is 26.0 Å². The molecule has 4 unspecified atom stereocenters. The molecule has 1 aliphatic heterocycles. The van der Waals surface area contributed by atoms with Crippen molar-refractivity contribution < 1.29 is 63.7 Å². The average Bonchev–Trinajstić information content (AvgIpc) is 3.14. The van der Waals surface area contributed by atoms with Crippen LogP contribution in [0, 0.1) is 13.8 Å². The van der Waals surface area contributed by atoms with Crippen LogP contribution in [0.15, 0.2) is 30.3 Å². The third-order valence-electron chi connectivity index (χ3n) is 11.8. The number of ether oxygens (including phenoxy) is 3. The number of phenolic OH excluding ortho intramolecular Hbond substituents is 3. The first-order valence-electron chi connectivity index (χ1n) is 18.9. The second-order valence-electron chi connectivity index (χ2n) is 16.8. The zero-order valence-electron chi connectivity index (χ0n) is 34.3. The smallest absolute Gasteiger partial charge is 0.202 e. The van der Waals surface area contributed by atoms with Gasteiger partial charge in [0.05, 0.1) is 48.7 Å². The van der Waals surface area contributed by atoms with E-state index in [9.17, 15) is 45.0 Å². The van der Waals surface area contributed by atoms with Crippen LogP contribution >= 0.6 is 12.4 Å². The van der Waals surface area contributed by atoms with E-state index in [-0.39, 0.29) is 51.9 Å². The third kappa shape index (κ3) is 8.69. The largest absolute Gasteiger partial charge is 0.507 e. The molecule has 8 N–H and O–H groups in total. The number of rotatable bonds is 8. The summed E-state index contributed by atoms with van der Waals surface area (Å²) in [6.45, 7) is 16.3. The van der Waals surface area contributed by atoms with Crippen LogP contribution < -0.4 is 10.5 Å². The van der Waals surface area contributed by atoms with Gasteiger partial charge in [-0.25, -0.2) is 0 Å². The number of aryl methyl sites for hydroxylation is 2. The molecule has 3 aliphatic rings. The van der Waals surface area contributed by atoms with E-state index in [1.165, 1.54) is 25.3 Å². The van der Waals surface area contributed by atoms with Crippen LogP contribution in [0.5, 0.6) is 23.0 Å². The third-order valence-corrected chi connectivity index (χ3v) is 16.2. The number of benzene rings is 3. The standard InChI is InChI=1S/C27H29NO11.C15H26O2Si.ClH/c1-10-22(31)13(28)6-17(38-10)39-15-8-27(36,16(30)9-29)7-12-19(15)26(35)21-20(24(12)33)23(32)11-4-3-5-14(37-2)18(11)25(21)34;1-11-8-13(9-12(2)14(11)16)10-17-18(6,7)15(3,4)5;/h3-5,10,13,15,17,22,29,31,33,35-36H,6-9,28H2,1-2H3;8-9,16H,10H2,1-7H3;1H/t10?,13?,15-,17?,22?,27-;;/m0../s1. The second-order valence-corrected chi connectivity index (χ2v) is 21.6. The fraction of sp³-hybridized carbons (Fsp3) is 0.500. The summed E-state index contributed by atoms with van der Waals surface area (Å²) < 4.78 is 23.2. The van der Waals surface area contributed by atoms with E-state index in [2.05, 4.69) is 33.9 Å². The Labute approximate surface area is 345 Å². The molecule has 0 spiro atoms. The van der Waals surface area contributed by atoms with Gasteiger partial charge in [0, 0.05) is 42.0 Å². The van der Waals surface area contributed by atoms with E-state index in [0.717, 1.165) is 16.7 Å². The van der Waals surface area contributed by atoms with E-state index in [1.54, 1.807) is 6.92 Å². The lowest BCUT2D eigenvalue weighted by Crippen LogP contribution is -2.53. The summed E-state index contributed by atoms with van der Waals surface area (Å²) in [6, 6.07) is 7.65. The van der Waals surface area contributed by atoms with Crippen LogP contribution in [0.2, 0.25) is 18.1 Å². The van der Waals surface area contributed by atoms with Crippen molar-refractivity contribution in [2.75, 3.05) is 13.7 Å². The molecule has 1 fully saturated rings. The summed E-state index contributed by atoms with van der Waals surface area (Å²) in [6.07, 6.45) is -5.12. The van der Waals surface area contributed by atoms with Gasteiger partial charge in [-0.2, -0.15) is 0 Å². The molecule has 16 heteroatoms.